The van der Waals surface area contributed by atoms with Gasteiger partial charge >= 0.3 is 0 Å². The summed E-state index contributed by atoms with van der Waals surface area (Å²) in [7, 11) is 1.85. The van der Waals surface area contributed by atoms with Crippen LogP contribution >= 0.6 is 0 Å². The number of rotatable bonds is 4. The number of pyridine rings is 1. The summed E-state index contributed by atoms with van der Waals surface area (Å²) in [6.07, 6.45) is 2.48. The molecule has 1 aliphatic rings. The third kappa shape index (κ3) is 2.68. The van der Waals surface area contributed by atoms with Crippen LogP contribution in [0.25, 0.3) is 11.3 Å². The molecule has 104 valence electrons. The molecule has 0 saturated heterocycles. The predicted octanol–water partition coefficient (Wildman–Crippen LogP) is 2.61. The van der Waals surface area contributed by atoms with Gasteiger partial charge in [-0.2, -0.15) is 0 Å². The lowest BCUT2D eigenvalue weighted by molar-refractivity contribution is 0.674. The number of hydrogen-bond donors (Lipinski definition) is 1. The first-order chi connectivity index (χ1) is 9.65. The van der Waals surface area contributed by atoms with E-state index in [0.29, 0.717) is 12.6 Å². The van der Waals surface area contributed by atoms with Crippen LogP contribution in [0.15, 0.2) is 41.2 Å². The average Bonchev–Trinajstić information content (AvgIpc) is 3.26. The van der Waals surface area contributed by atoms with Crippen LogP contribution in [0.1, 0.15) is 24.0 Å². The van der Waals surface area contributed by atoms with E-state index in [4.69, 9.17) is 0 Å². The first kappa shape index (κ1) is 13.1. The van der Waals surface area contributed by atoms with Crippen molar-refractivity contribution in [1.82, 2.24) is 9.88 Å². The second kappa shape index (κ2) is 5.25. The minimum absolute atomic E-state index is 0.0937. The zero-order chi connectivity index (χ0) is 14.1. The van der Waals surface area contributed by atoms with Gasteiger partial charge in [0.2, 0.25) is 0 Å². The standard InChI is InChI=1S/C17H20N2O/c1-12-3-5-13(6-4-12)16-10-7-14(17(20)19(16)2)11-18-15-8-9-15/h3-7,10,15,18H,8-9,11H2,1-2H3. The average molecular weight is 268 g/mol. The van der Waals surface area contributed by atoms with Crippen LogP contribution in [-0.4, -0.2) is 10.6 Å². The molecule has 0 bridgehead atoms. The molecule has 20 heavy (non-hydrogen) atoms. The molecule has 1 aliphatic carbocycles. The Balaban J connectivity index is 1.90. The molecule has 1 heterocycles. The second-order valence-electron chi connectivity index (χ2n) is 5.63. The number of nitrogens with zero attached hydrogens (tertiary/aromatic N) is 1. The molecule has 3 nitrogen and oxygen atoms in total. The van der Waals surface area contributed by atoms with Gasteiger partial charge in [0.15, 0.2) is 0 Å². The highest BCUT2D eigenvalue weighted by molar-refractivity contribution is 5.60. The van der Waals surface area contributed by atoms with Crippen LogP contribution in [-0.2, 0) is 13.6 Å². The van der Waals surface area contributed by atoms with Crippen molar-refractivity contribution in [3.63, 3.8) is 0 Å². The highest BCUT2D eigenvalue weighted by Crippen LogP contribution is 2.20. The van der Waals surface area contributed by atoms with Crippen molar-refractivity contribution in [2.45, 2.75) is 32.4 Å². The Morgan fingerprint density at radius 3 is 2.50 bits per heavy atom. The molecule has 0 spiro atoms. The van der Waals surface area contributed by atoms with E-state index in [1.807, 2.05) is 19.2 Å². The Morgan fingerprint density at radius 1 is 1.15 bits per heavy atom. The molecule has 1 saturated carbocycles. The number of aryl methyl sites for hydroxylation is 1. The van der Waals surface area contributed by atoms with E-state index >= 15 is 0 Å². The van der Waals surface area contributed by atoms with Gasteiger partial charge in [0.1, 0.15) is 0 Å². The lowest BCUT2D eigenvalue weighted by atomic mass is 10.1. The van der Waals surface area contributed by atoms with Gasteiger partial charge in [0, 0.05) is 25.2 Å². The molecule has 1 aromatic heterocycles. The van der Waals surface area contributed by atoms with Gasteiger partial charge in [0.05, 0.1) is 5.69 Å². The summed E-state index contributed by atoms with van der Waals surface area (Å²) in [5.74, 6) is 0. The molecule has 0 radical (unpaired) electrons. The van der Waals surface area contributed by atoms with Gasteiger partial charge in [-0.15, -0.1) is 0 Å². The van der Waals surface area contributed by atoms with Gasteiger partial charge < -0.3 is 9.88 Å². The summed E-state index contributed by atoms with van der Waals surface area (Å²) in [6.45, 7) is 2.74. The molecule has 3 rings (SSSR count). The van der Waals surface area contributed by atoms with Gasteiger partial charge in [-0.3, -0.25) is 4.79 Å². The third-order valence-corrected chi connectivity index (χ3v) is 3.89. The fourth-order valence-electron chi connectivity index (χ4n) is 2.38. The first-order valence-electron chi connectivity index (χ1n) is 7.14. The summed E-state index contributed by atoms with van der Waals surface area (Å²) >= 11 is 0. The van der Waals surface area contributed by atoms with Crippen molar-refractivity contribution in [3.8, 4) is 11.3 Å². The van der Waals surface area contributed by atoms with Crippen LogP contribution in [0.5, 0.6) is 0 Å². The Morgan fingerprint density at radius 2 is 1.85 bits per heavy atom. The normalized spacial score (nSPS) is 14.5. The van der Waals surface area contributed by atoms with Crippen molar-refractivity contribution in [2.24, 2.45) is 7.05 Å². The molecule has 0 amide bonds. The molecule has 0 unspecified atom stereocenters. The highest BCUT2D eigenvalue weighted by atomic mass is 16.1. The first-order valence-corrected chi connectivity index (χ1v) is 7.14. The topological polar surface area (TPSA) is 34.0 Å². The quantitative estimate of drug-likeness (QED) is 0.925. The molecule has 1 N–H and O–H groups in total. The van der Waals surface area contributed by atoms with Crippen molar-refractivity contribution in [1.29, 1.82) is 0 Å². The Bertz CT molecular complexity index is 666. The van der Waals surface area contributed by atoms with Crippen molar-refractivity contribution in [3.05, 3.63) is 57.9 Å². The summed E-state index contributed by atoms with van der Waals surface area (Å²) in [6, 6.07) is 12.9. The fraction of sp³-hybridized carbons (Fsp3) is 0.353. The maximum atomic E-state index is 12.4. The number of aromatic nitrogens is 1. The van der Waals surface area contributed by atoms with Crippen LogP contribution in [0.4, 0.5) is 0 Å². The minimum atomic E-state index is 0.0937. The molecule has 0 aliphatic heterocycles. The van der Waals surface area contributed by atoms with Crippen LogP contribution in [0.2, 0.25) is 0 Å². The van der Waals surface area contributed by atoms with E-state index in [9.17, 15) is 4.79 Å². The molecule has 0 atom stereocenters. The Kier molecular flexibility index (Phi) is 3.45. The van der Waals surface area contributed by atoms with Crippen LogP contribution < -0.4 is 10.9 Å². The zero-order valence-corrected chi connectivity index (χ0v) is 12.0. The Labute approximate surface area is 119 Å². The zero-order valence-electron chi connectivity index (χ0n) is 12.0. The maximum absolute atomic E-state index is 12.4. The van der Waals surface area contributed by atoms with E-state index < -0.39 is 0 Å². The van der Waals surface area contributed by atoms with E-state index in [-0.39, 0.29) is 5.56 Å². The van der Waals surface area contributed by atoms with Gasteiger partial charge in [0.25, 0.3) is 5.56 Å². The van der Waals surface area contributed by atoms with Gasteiger partial charge in [-0.25, -0.2) is 0 Å². The number of hydrogen-bond acceptors (Lipinski definition) is 2. The molecule has 2 aromatic rings. The van der Waals surface area contributed by atoms with E-state index in [1.165, 1.54) is 18.4 Å². The number of nitrogens with one attached hydrogen (secondary N) is 1. The van der Waals surface area contributed by atoms with Gasteiger partial charge in [-0.1, -0.05) is 35.9 Å². The second-order valence-corrected chi connectivity index (χ2v) is 5.63. The summed E-state index contributed by atoms with van der Waals surface area (Å²) in [5, 5.41) is 3.39. The van der Waals surface area contributed by atoms with E-state index in [2.05, 4.69) is 36.5 Å². The van der Waals surface area contributed by atoms with Crippen molar-refractivity contribution < 1.29 is 0 Å². The smallest absolute Gasteiger partial charge is 0.255 e. The van der Waals surface area contributed by atoms with Crippen molar-refractivity contribution >= 4 is 0 Å². The lowest BCUT2D eigenvalue weighted by Gasteiger charge is -2.11. The lowest BCUT2D eigenvalue weighted by Crippen LogP contribution is -2.27. The maximum Gasteiger partial charge on any atom is 0.255 e. The summed E-state index contributed by atoms with van der Waals surface area (Å²) in [5.41, 5.74) is 4.21. The minimum Gasteiger partial charge on any atom is -0.311 e. The Hall–Kier alpha value is -1.87. The molecule has 3 heteroatoms. The molecule has 1 aromatic carbocycles. The molecular formula is C17H20N2O. The fourth-order valence-corrected chi connectivity index (χ4v) is 2.38. The van der Waals surface area contributed by atoms with Crippen molar-refractivity contribution in [2.75, 3.05) is 0 Å². The highest BCUT2D eigenvalue weighted by Gasteiger charge is 2.20. The van der Waals surface area contributed by atoms with Crippen LogP contribution in [0, 0.1) is 6.92 Å². The summed E-state index contributed by atoms with van der Waals surface area (Å²) < 4.78 is 1.74. The van der Waals surface area contributed by atoms with Crippen LogP contribution in [0.3, 0.4) is 0 Å². The number of benzene rings is 1. The summed E-state index contributed by atoms with van der Waals surface area (Å²) in [4.78, 5) is 12.4. The predicted molar refractivity (Wildman–Crippen MR) is 81.7 cm³/mol. The largest absolute Gasteiger partial charge is 0.311 e. The third-order valence-electron chi connectivity index (χ3n) is 3.89. The SMILES string of the molecule is Cc1ccc(-c2ccc(CNC3CC3)c(=O)n2C)cc1. The monoisotopic (exact) mass is 268 g/mol. The van der Waals surface area contributed by atoms with E-state index in [1.54, 1.807) is 4.57 Å². The van der Waals surface area contributed by atoms with E-state index in [0.717, 1.165) is 16.8 Å². The van der Waals surface area contributed by atoms with Gasteiger partial charge in [-0.05, 0) is 31.4 Å². The molecular weight excluding hydrogens is 248 g/mol. The molecule has 1 fully saturated rings.